The number of nitrogens with one attached hydrogen (secondary N) is 2. The van der Waals surface area contributed by atoms with E-state index in [1.807, 2.05) is 0 Å². The summed E-state index contributed by atoms with van der Waals surface area (Å²) in [7, 11) is 0. The first-order chi connectivity index (χ1) is 14.4. The van der Waals surface area contributed by atoms with E-state index in [1.165, 1.54) is 22.5 Å². The molecule has 3 aliphatic rings. The van der Waals surface area contributed by atoms with E-state index in [0.29, 0.717) is 0 Å². The summed E-state index contributed by atoms with van der Waals surface area (Å²) < 4.78 is 0. The fourth-order valence-electron chi connectivity index (χ4n) is 4.28. The second kappa shape index (κ2) is 8.15. The molecule has 0 bridgehead atoms. The molecular weight excluding hydrogens is 360 g/mol. The number of hydrogen-bond acceptors (Lipinski definition) is 6. The normalized spacial score (nSPS) is 19.3. The summed E-state index contributed by atoms with van der Waals surface area (Å²) in [5.74, 6) is 2.06. The van der Waals surface area contributed by atoms with Crippen LogP contribution in [0.25, 0.3) is 0 Å². The van der Waals surface area contributed by atoms with E-state index in [2.05, 4.69) is 78.9 Å². The fourth-order valence-corrected chi connectivity index (χ4v) is 4.28. The Morgan fingerprint density at radius 2 is 1.03 bits per heavy atom. The highest BCUT2D eigenvalue weighted by atomic mass is 15.2. The Labute approximate surface area is 172 Å². The smallest absolute Gasteiger partial charge is 0.128 e. The minimum Gasteiger partial charge on any atom is -0.370 e. The predicted molar refractivity (Wildman–Crippen MR) is 121 cm³/mol. The number of aliphatic imine (C=N–C) groups is 2. The molecule has 0 saturated carbocycles. The minimum atomic E-state index is 0.880. The second-order valence-corrected chi connectivity index (χ2v) is 7.74. The molecule has 0 radical (unpaired) electrons. The van der Waals surface area contributed by atoms with Gasteiger partial charge in [0.1, 0.15) is 11.7 Å². The van der Waals surface area contributed by atoms with Gasteiger partial charge in [0, 0.05) is 61.8 Å². The summed E-state index contributed by atoms with van der Waals surface area (Å²) >= 11 is 0. The standard InChI is InChI=1S/C23H28N6/c1-14-28(20-6-2-18(3-7-20)22-24-10-11-25-22)16-17-29(15-1)21-8-4-19(5-9-21)23-26-12-13-27-23/h2-9H,1,10-17H2,(H,24,25)(H,26,27). The molecule has 2 aromatic rings. The topological polar surface area (TPSA) is 55.3 Å². The molecule has 5 rings (SSSR count). The Hall–Kier alpha value is -3.02. The van der Waals surface area contributed by atoms with Crippen LogP contribution in [0.2, 0.25) is 0 Å². The van der Waals surface area contributed by atoms with Gasteiger partial charge in [0.05, 0.1) is 13.1 Å². The van der Waals surface area contributed by atoms with Crippen molar-refractivity contribution < 1.29 is 0 Å². The monoisotopic (exact) mass is 388 g/mol. The minimum absolute atomic E-state index is 0.880. The Kier molecular flexibility index (Phi) is 5.07. The van der Waals surface area contributed by atoms with Crippen LogP contribution in [-0.2, 0) is 0 Å². The molecule has 0 aliphatic carbocycles. The van der Waals surface area contributed by atoms with Crippen LogP contribution in [0, 0.1) is 0 Å². The Bertz CT molecular complexity index is 824. The molecule has 6 nitrogen and oxygen atoms in total. The molecule has 0 aromatic heterocycles. The van der Waals surface area contributed by atoms with Crippen LogP contribution in [0.3, 0.4) is 0 Å². The van der Waals surface area contributed by atoms with Crippen molar-refractivity contribution in [3.63, 3.8) is 0 Å². The van der Waals surface area contributed by atoms with Gasteiger partial charge in [-0.15, -0.1) is 0 Å². The quantitative estimate of drug-likeness (QED) is 0.842. The number of rotatable bonds is 4. The van der Waals surface area contributed by atoms with Crippen molar-refractivity contribution in [1.29, 1.82) is 0 Å². The van der Waals surface area contributed by atoms with Crippen molar-refractivity contribution in [2.45, 2.75) is 6.42 Å². The van der Waals surface area contributed by atoms with Gasteiger partial charge in [-0.25, -0.2) is 0 Å². The molecule has 150 valence electrons. The summed E-state index contributed by atoms with van der Waals surface area (Å²) in [6.45, 7) is 7.91. The van der Waals surface area contributed by atoms with E-state index in [0.717, 1.165) is 70.5 Å². The zero-order valence-electron chi connectivity index (χ0n) is 16.8. The molecule has 6 heteroatoms. The highest BCUT2D eigenvalue weighted by molar-refractivity contribution is 6.00. The van der Waals surface area contributed by atoms with Gasteiger partial charge in [-0.05, 0) is 55.0 Å². The average molecular weight is 389 g/mol. The Balaban J connectivity index is 1.23. The Morgan fingerprint density at radius 1 is 0.586 bits per heavy atom. The van der Waals surface area contributed by atoms with Crippen molar-refractivity contribution in [3.05, 3.63) is 59.7 Å². The van der Waals surface area contributed by atoms with Crippen LogP contribution < -0.4 is 20.4 Å². The molecule has 0 unspecified atom stereocenters. The van der Waals surface area contributed by atoms with Gasteiger partial charge in [0.15, 0.2) is 0 Å². The SMILES string of the molecule is c1cc(N2CCCN(c3ccc(C4=NCCN4)cc3)CC2)ccc1C1=NCCN1. The molecule has 2 aromatic carbocycles. The second-order valence-electron chi connectivity index (χ2n) is 7.74. The van der Waals surface area contributed by atoms with Crippen molar-refractivity contribution in [2.75, 3.05) is 62.2 Å². The molecule has 3 aliphatic heterocycles. The maximum atomic E-state index is 4.51. The van der Waals surface area contributed by atoms with Crippen molar-refractivity contribution in [1.82, 2.24) is 10.6 Å². The van der Waals surface area contributed by atoms with E-state index in [1.54, 1.807) is 0 Å². The van der Waals surface area contributed by atoms with E-state index < -0.39 is 0 Å². The summed E-state index contributed by atoms with van der Waals surface area (Å²) in [5.41, 5.74) is 4.97. The van der Waals surface area contributed by atoms with Gasteiger partial charge in [0.25, 0.3) is 0 Å². The lowest BCUT2D eigenvalue weighted by molar-refractivity contribution is 0.806. The molecule has 2 N–H and O–H groups in total. The first-order valence-corrected chi connectivity index (χ1v) is 10.6. The van der Waals surface area contributed by atoms with Crippen LogP contribution in [0.4, 0.5) is 11.4 Å². The third-order valence-electron chi connectivity index (χ3n) is 5.86. The first kappa shape index (κ1) is 18.0. The van der Waals surface area contributed by atoms with Crippen LogP contribution in [0.5, 0.6) is 0 Å². The van der Waals surface area contributed by atoms with E-state index in [9.17, 15) is 0 Å². The van der Waals surface area contributed by atoms with Gasteiger partial charge in [-0.3, -0.25) is 9.98 Å². The molecule has 29 heavy (non-hydrogen) atoms. The maximum absolute atomic E-state index is 4.51. The molecular formula is C23H28N6. The zero-order valence-corrected chi connectivity index (χ0v) is 16.8. The van der Waals surface area contributed by atoms with E-state index in [-0.39, 0.29) is 0 Å². The van der Waals surface area contributed by atoms with Crippen molar-refractivity contribution in [3.8, 4) is 0 Å². The summed E-state index contributed by atoms with van der Waals surface area (Å²) in [6, 6.07) is 17.7. The Morgan fingerprint density at radius 3 is 1.41 bits per heavy atom. The summed E-state index contributed by atoms with van der Waals surface area (Å²) in [4.78, 5) is 14.0. The fraction of sp³-hybridized carbons (Fsp3) is 0.391. The lowest BCUT2D eigenvalue weighted by atomic mass is 10.1. The predicted octanol–water partition coefficient (Wildman–Crippen LogP) is 2.10. The van der Waals surface area contributed by atoms with Crippen LogP contribution in [0.15, 0.2) is 58.5 Å². The third kappa shape index (κ3) is 3.92. The molecule has 0 spiro atoms. The largest absolute Gasteiger partial charge is 0.370 e. The third-order valence-corrected chi connectivity index (χ3v) is 5.86. The molecule has 0 amide bonds. The van der Waals surface area contributed by atoms with Gasteiger partial charge in [-0.1, -0.05) is 0 Å². The van der Waals surface area contributed by atoms with E-state index >= 15 is 0 Å². The van der Waals surface area contributed by atoms with Crippen LogP contribution in [0.1, 0.15) is 17.5 Å². The van der Waals surface area contributed by atoms with Crippen molar-refractivity contribution in [2.24, 2.45) is 9.98 Å². The van der Waals surface area contributed by atoms with Crippen LogP contribution in [-0.4, -0.2) is 64.0 Å². The van der Waals surface area contributed by atoms with Gasteiger partial charge in [0.2, 0.25) is 0 Å². The van der Waals surface area contributed by atoms with Gasteiger partial charge in [-0.2, -0.15) is 0 Å². The first-order valence-electron chi connectivity index (χ1n) is 10.6. The van der Waals surface area contributed by atoms with Crippen molar-refractivity contribution >= 4 is 23.0 Å². The number of benzene rings is 2. The number of hydrogen-bond donors (Lipinski definition) is 2. The zero-order chi connectivity index (χ0) is 19.5. The molecule has 0 atom stereocenters. The maximum Gasteiger partial charge on any atom is 0.128 e. The summed E-state index contributed by atoms with van der Waals surface area (Å²) in [5, 5.41) is 6.69. The average Bonchev–Trinajstić information content (AvgIpc) is 3.45. The summed E-state index contributed by atoms with van der Waals surface area (Å²) in [6.07, 6.45) is 1.16. The van der Waals surface area contributed by atoms with Gasteiger partial charge < -0.3 is 20.4 Å². The lowest BCUT2D eigenvalue weighted by Crippen LogP contribution is -2.30. The van der Waals surface area contributed by atoms with Gasteiger partial charge >= 0.3 is 0 Å². The molecule has 3 heterocycles. The van der Waals surface area contributed by atoms with Crippen LogP contribution >= 0.6 is 0 Å². The lowest BCUT2D eigenvalue weighted by Gasteiger charge is -2.25. The van der Waals surface area contributed by atoms with E-state index in [4.69, 9.17) is 0 Å². The molecule has 1 saturated heterocycles. The number of amidine groups is 2. The highest BCUT2D eigenvalue weighted by Crippen LogP contribution is 2.22. The highest BCUT2D eigenvalue weighted by Gasteiger charge is 2.17. The number of nitrogens with zero attached hydrogens (tertiary/aromatic N) is 4. The molecule has 1 fully saturated rings. The number of anilines is 2.